The Kier molecular flexibility index (Phi) is 7.64. The molecular weight excluding hydrogens is 402 g/mol. The van der Waals surface area contributed by atoms with Gasteiger partial charge in [0.15, 0.2) is 0 Å². The normalized spacial score (nSPS) is 15.5. The fourth-order valence-corrected chi connectivity index (χ4v) is 3.84. The minimum absolute atomic E-state index is 0.106. The number of amides is 1. The van der Waals surface area contributed by atoms with Crippen LogP contribution in [0.15, 0.2) is 30.6 Å². The van der Waals surface area contributed by atoms with Crippen molar-refractivity contribution in [3.8, 4) is 0 Å². The molecule has 0 saturated carbocycles. The second-order valence-corrected chi connectivity index (χ2v) is 8.34. The lowest BCUT2D eigenvalue weighted by Gasteiger charge is -2.37. The average Bonchev–Trinajstić information content (AvgIpc) is 2.75. The molecule has 2 heterocycles. The minimum atomic E-state index is -0.252. The molecule has 30 heavy (non-hydrogen) atoms. The monoisotopic (exact) mass is 431 g/mol. The van der Waals surface area contributed by atoms with Gasteiger partial charge in [0.1, 0.15) is 12.1 Å². The van der Waals surface area contributed by atoms with Crippen LogP contribution in [0, 0.1) is 6.92 Å². The van der Waals surface area contributed by atoms with Crippen molar-refractivity contribution < 1.29 is 9.90 Å². The second-order valence-electron chi connectivity index (χ2n) is 7.91. The smallest absolute Gasteiger partial charge is 0.231 e. The molecule has 1 atom stereocenters. The predicted molar refractivity (Wildman–Crippen MR) is 119 cm³/mol. The zero-order valence-electron chi connectivity index (χ0n) is 17.8. The van der Waals surface area contributed by atoms with Crippen LogP contribution in [0.3, 0.4) is 0 Å². The number of halogens is 1. The number of piperazine rings is 1. The number of aliphatic hydroxyl groups excluding tert-OH is 1. The molecule has 7 nitrogen and oxygen atoms in total. The van der Waals surface area contributed by atoms with Crippen LogP contribution >= 0.6 is 11.6 Å². The van der Waals surface area contributed by atoms with Crippen LogP contribution in [0.4, 0.5) is 5.82 Å². The van der Waals surface area contributed by atoms with Crippen LogP contribution in [-0.4, -0.2) is 64.6 Å². The van der Waals surface area contributed by atoms with Crippen LogP contribution in [0.1, 0.15) is 36.6 Å². The van der Waals surface area contributed by atoms with Crippen molar-refractivity contribution in [3.63, 3.8) is 0 Å². The Morgan fingerprint density at radius 2 is 1.83 bits per heavy atom. The van der Waals surface area contributed by atoms with Crippen LogP contribution in [-0.2, 0) is 11.4 Å². The number of hydrogen-bond acceptors (Lipinski definition) is 6. The summed E-state index contributed by atoms with van der Waals surface area (Å²) in [6.45, 7) is 9.20. The number of aromatic nitrogens is 2. The van der Waals surface area contributed by atoms with Gasteiger partial charge in [0.25, 0.3) is 0 Å². The maximum absolute atomic E-state index is 13.4. The standard InChI is InChI=1S/C22H30ClN5O2/c1-15(2)24-12-19(17-4-6-18(23)7-5-17)22(30)28-10-8-27(9-11-28)21-16(3)20(13-29)25-14-26-21/h4-7,14-15,19,24,29H,8-13H2,1-3H3/t19-/m1/s1. The summed E-state index contributed by atoms with van der Waals surface area (Å²) in [5.41, 5.74) is 2.50. The highest BCUT2D eigenvalue weighted by Crippen LogP contribution is 2.24. The summed E-state index contributed by atoms with van der Waals surface area (Å²) in [5, 5.41) is 13.5. The average molecular weight is 432 g/mol. The topological polar surface area (TPSA) is 81.6 Å². The van der Waals surface area contributed by atoms with Gasteiger partial charge in [-0.3, -0.25) is 4.79 Å². The molecule has 0 radical (unpaired) electrons. The van der Waals surface area contributed by atoms with Gasteiger partial charge in [-0.25, -0.2) is 9.97 Å². The molecule has 1 fully saturated rings. The lowest BCUT2D eigenvalue weighted by molar-refractivity contribution is -0.133. The van der Waals surface area contributed by atoms with E-state index in [1.807, 2.05) is 36.1 Å². The number of rotatable bonds is 7. The molecule has 0 aliphatic carbocycles. The first-order valence-corrected chi connectivity index (χ1v) is 10.7. The summed E-state index contributed by atoms with van der Waals surface area (Å²) in [6.07, 6.45) is 1.49. The van der Waals surface area contributed by atoms with Gasteiger partial charge >= 0.3 is 0 Å². The summed E-state index contributed by atoms with van der Waals surface area (Å²) in [6, 6.07) is 7.83. The number of benzene rings is 1. The van der Waals surface area contributed by atoms with Gasteiger partial charge in [0.2, 0.25) is 5.91 Å². The Morgan fingerprint density at radius 1 is 1.17 bits per heavy atom. The maximum atomic E-state index is 13.4. The molecule has 1 aromatic carbocycles. The summed E-state index contributed by atoms with van der Waals surface area (Å²) in [4.78, 5) is 26.0. The lowest BCUT2D eigenvalue weighted by atomic mass is 9.96. The van der Waals surface area contributed by atoms with E-state index in [0.717, 1.165) is 16.9 Å². The van der Waals surface area contributed by atoms with Gasteiger partial charge in [-0.2, -0.15) is 0 Å². The van der Waals surface area contributed by atoms with Gasteiger partial charge in [-0.15, -0.1) is 0 Å². The molecule has 1 saturated heterocycles. The zero-order valence-corrected chi connectivity index (χ0v) is 18.6. The van der Waals surface area contributed by atoms with Crippen LogP contribution in [0.2, 0.25) is 5.02 Å². The number of carbonyl (C=O) groups excluding carboxylic acids is 1. The lowest BCUT2D eigenvalue weighted by Crippen LogP contribution is -2.51. The van der Waals surface area contributed by atoms with Gasteiger partial charge in [-0.05, 0) is 24.6 Å². The molecule has 2 N–H and O–H groups in total. The first-order chi connectivity index (χ1) is 14.4. The van der Waals surface area contributed by atoms with E-state index in [9.17, 15) is 9.90 Å². The van der Waals surface area contributed by atoms with Gasteiger partial charge < -0.3 is 20.2 Å². The number of carbonyl (C=O) groups is 1. The van der Waals surface area contributed by atoms with Crippen LogP contribution in [0.5, 0.6) is 0 Å². The molecule has 1 aliphatic heterocycles. The fraction of sp³-hybridized carbons (Fsp3) is 0.500. The van der Waals surface area contributed by atoms with E-state index in [0.29, 0.717) is 49.5 Å². The fourth-order valence-electron chi connectivity index (χ4n) is 3.71. The highest BCUT2D eigenvalue weighted by atomic mass is 35.5. The van der Waals surface area contributed by atoms with E-state index >= 15 is 0 Å². The molecule has 3 rings (SSSR count). The highest BCUT2D eigenvalue weighted by molar-refractivity contribution is 6.30. The van der Waals surface area contributed by atoms with Crippen molar-refractivity contribution in [1.29, 1.82) is 0 Å². The van der Waals surface area contributed by atoms with E-state index in [2.05, 4.69) is 34.0 Å². The highest BCUT2D eigenvalue weighted by Gasteiger charge is 2.29. The van der Waals surface area contributed by atoms with Crippen molar-refractivity contribution in [1.82, 2.24) is 20.2 Å². The Bertz CT molecular complexity index is 851. The van der Waals surface area contributed by atoms with E-state index in [1.54, 1.807) is 0 Å². The largest absolute Gasteiger partial charge is 0.390 e. The third-order valence-electron chi connectivity index (χ3n) is 5.50. The quantitative estimate of drug-likeness (QED) is 0.700. The Balaban J connectivity index is 1.70. The predicted octanol–water partition coefficient (Wildman–Crippen LogP) is 2.36. The first kappa shape index (κ1) is 22.5. The molecule has 0 bridgehead atoms. The first-order valence-electron chi connectivity index (χ1n) is 10.3. The van der Waals surface area contributed by atoms with Crippen LogP contribution in [0.25, 0.3) is 0 Å². The molecule has 8 heteroatoms. The van der Waals surface area contributed by atoms with E-state index in [1.165, 1.54) is 6.33 Å². The number of nitrogens with zero attached hydrogens (tertiary/aromatic N) is 4. The molecular formula is C22H30ClN5O2. The number of nitrogens with one attached hydrogen (secondary N) is 1. The summed E-state index contributed by atoms with van der Waals surface area (Å²) in [5.74, 6) is 0.704. The van der Waals surface area contributed by atoms with Crippen molar-refractivity contribution in [2.24, 2.45) is 0 Å². The second kappa shape index (κ2) is 10.2. The maximum Gasteiger partial charge on any atom is 0.231 e. The third kappa shape index (κ3) is 5.28. The number of aliphatic hydroxyl groups is 1. The SMILES string of the molecule is Cc1c(CO)ncnc1N1CCN(C(=O)[C@H](CNC(C)C)c2ccc(Cl)cc2)CC1. The molecule has 0 spiro atoms. The van der Waals surface area contributed by atoms with E-state index < -0.39 is 0 Å². The molecule has 162 valence electrons. The van der Waals surface area contributed by atoms with Crippen molar-refractivity contribution in [2.75, 3.05) is 37.6 Å². The minimum Gasteiger partial charge on any atom is -0.390 e. The van der Waals surface area contributed by atoms with Crippen molar-refractivity contribution in [3.05, 3.63) is 52.4 Å². The number of hydrogen-bond donors (Lipinski definition) is 2. The van der Waals surface area contributed by atoms with Gasteiger partial charge in [0, 0.05) is 49.4 Å². The molecule has 1 amide bonds. The molecule has 1 aromatic heterocycles. The van der Waals surface area contributed by atoms with Crippen molar-refractivity contribution in [2.45, 2.75) is 39.3 Å². The van der Waals surface area contributed by atoms with E-state index in [-0.39, 0.29) is 18.4 Å². The van der Waals surface area contributed by atoms with Crippen molar-refractivity contribution >= 4 is 23.3 Å². The summed E-state index contributed by atoms with van der Waals surface area (Å²) < 4.78 is 0. The Hall–Kier alpha value is -2.22. The molecule has 0 unspecified atom stereocenters. The van der Waals surface area contributed by atoms with Crippen LogP contribution < -0.4 is 10.2 Å². The Labute approximate surface area is 183 Å². The zero-order chi connectivity index (χ0) is 21.7. The number of anilines is 1. The Morgan fingerprint density at radius 3 is 2.43 bits per heavy atom. The summed E-state index contributed by atoms with van der Waals surface area (Å²) >= 11 is 6.04. The van der Waals surface area contributed by atoms with Gasteiger partial charge in [0.05, 0.1) is 18.2 Å². The third-order valence-corrected chi connectivity index (χ3v) is 5.76. The van der Waals surface area contributed by atoms with E-state index in [4.69, 9.17) is 11.6 Å². The molecule has 1 aliphatic rings. The molecule has 2 aromatic rings. The summed E-state index contributed by atoms with van der Waals surface area (Å²) in [7, 11) is 0. The van der Waals surface area contributed by atoms with Gasteiger partial charge in [-0.1, -0.05) is 37.6 Å².